The van der Waals surface area contributed by atoms with Gasteiger partial charge in [-0.25, -0.2) is 0 Å². The van der Waals surface area contributed by atoms with Crippen LogP contribution >= 0.6 is 31.9 Å². The second-order valence-electron chi connectivity index (χ2n) is 4.56. The lowest BCUT2D eigenvalue weighted by molar-refractivity contribution is 0.263. The van der Waals surface area contributed by atoms with Gasteiger partial charge in [-0.3, -0.25) is 0 Å². The van der Waals surface area contributed by atoms with Crippen molar-refractivity contribution in [2.45, 2.75) is 12.3 Å². The van der Waals surface area contributed by atoms with Crippen LogP contribution in [0.15, 0.2) is 51.4 Å². The molecule has 0 amide bonds. The van der Waals surface area contributed by atoms with Crippen LogP contribution in [0.5, 0.6) is 5.75 Å². The number of hydrogen-bond acceptors (Lipinski definition) is 2. The molecule has 0 aliphatic carbocycles. The summed E-state index contributed by atoms with van der Waals surface area (Å²) < 4.78 is 7.43. The molecule has 2 aromatic carbocycles. The van der Waals surface area contributed by atoms with Crippen LogP contribution in [0.4, 0.5) is 0 Å². The molecule has 4 heteroatoms. The maximum atomic E-state index is 9.72. The molecule has 0 saturated heterocycles. The normalized spacial score (nSPS) is 12.2. The van der Waals surface area contributed by atoms with Gasteiger partial charge in [0.2, 0.25) is 0 Å². The highest BCUT2D eigenvalue weighted by Gasteiger charge is 2.16. The second-order valence-corrected chi connectivity index (χ2v) is 6.33. The van der Waals surface area contributed by atoms with Crippen LogP contribution in [0.1, 0.15) is 17.0 Å². The summed E-state index contributed by atoms with van der Waals surface area (Å²) in [6.45, 7) is 0.0955. The molecule has 0 radical (unpaired) electrons. The number of halogens is 2. The average molecular weight is 400 g/mol. The molecule has 0 saturated carbocycles. The third-order valence-corrected chi connectivity index (χ3v) is 4.49. The van der Waals surface area contributed by atoms with E-state index >= 15 is 0 Å². The van der Waals surface area contributed by atoms with Gasteiger partial charge in [0.1, 0.15) is 5.75 Å². The molecule has 20 heavy (non-hydrogen) atoms. The predicted octanol–water partition coefficient (Wildman–Crippen LogP) is 4.54. The topological polar surface area (TPSA) is 29.5 Å². The van der Waals surface area contributed by atoms with Gasteiger partial charge < -0.3 is 9.84 Å². The maximum absolute atomic E-state index is 9.72. The molecule has 1 unspecified atom stereocenters. The highest BCUT2D eigenvalue weighted by molar-refractivity contribution is 9.10. The van der Waals surface area contributed by atoms with Gasteiger partial charge >= 0.3 is 0 Å². The monoisotopic (exact) mass is 398 g/mol. The molecule has 2 aromatic rings. The SMILES string of the molecule is COc1ccc(Br)cc1CC(CO)c1ccccc1Br. The van der Waals surface area contributed by atoms with E-state index < -0.39 is 0 Å². The highest BCUT2D eigenvalue weighted by atomic mass is 79.9. The largest absolute Gasteiger partial charge is 0.496 e. The zero-order chi connectivity index (χ0) is 14.5. The fraction of sp³-hybridized carbons (Fsp3) is 0.250. The summed E-state index contributed by atoms with van der Waals surface area (Å²) >= 11 is 7.03. The quantitative estimate of drug-likeness (QED) is 0.799. The van der Waals surface area contributed by atoms with E-state index in [0.717, 1.165) is 32.2 Å². The first-order valence-corrected chi connectivity index (χ1v) is 7.92. The van der Waals surface area contributed by atoms with Gasteiger partial charge in [-0.2, -0.15) is 0 Å². The van der Waals surface area contributed by atoms with Gasteiger partial charge in [0, 0.05) is 14.9 Å². The summed E-state index contributed by atoms with van der Waals surface area (Å²) in [5, 5.41) is 9.72. The molecule has 0 aromatic heterocycles. The number of benzene rings is 2. The van der Waals surface area contributed by atoms with E-state index in [1.807, 2.05) is 42.5 Å². The molecule has 2 nitrogen and oxygen atoms in total. The Bertz CT molecular complexity index is 584. The van der Waals surface area contributed by atoms with Crippen molar-refractivity contribution < 1.29 is 9.84 Å². The Kier molecular flexibility index (Phi) is 5.64. The van der Waals surface area contributed by atoms with E-state index in [2.05, 4.69) is 31.9 Å². The van der Waals surface area contributed by atoms with Gasteiger partial charge in [0.25, 0.3) is 0 Å². The van der Waals surface area contributed by atoms with Gasteiger partial charge in [0.05, 0.1) is 13.7 Å². The fourth-order valence-electron chi connectivity index (χ4n) is 2.25. The molecule has 0 heterocycles. The third-order valence-electron chi connectivity index (χ3n) is 3.27. The van der Waals surface area contributed by atoms with Crippen molar-refractivity contribution in [2.75, 3.05) is 13.7 Å². The first kappa shape index (κ1) is 15.5. The minimum absolute atomic E-state index is 0.0359. The lowest BCUT2D eigenvalue weighted by Crippen LogP contribution is -2.09. The van der Waals surface area contributed by atoms with Crippen LogP contribution in [0.3, 0.4) is 0 Å². The third kappa shape index (κ3) is 3.62. The Balaban J connectivity index is 2.31. The summed E-state index contributed by atoms with van der Waals surface area (Å²) in [5.41, 5.74) is 2.19. The molecular weight excluding hydrogens is 384 g/mol. The minimum Gasteiger partial charge on any atom is -0.496 e. The molecular formula is C16H16Br2O2. The Morgan fingerprint density at radius 1 is 1.15 bits per heavy atom. The first-order valence-electron chi connectivity index (χ1n) is 6.33. The summed E-state index contributed by atoms with van der Waals surface area (Å²) in [4.78, 5) is 0. The van der Waals surface area contributed by atoms with Crippen molar-refractivity contribution in [3.63, 3.8) is 0 Å². The maximum Gasteiger partial charge on any atom is 0.122 e. The van der Waals surface area contributed by atoms with Crippen LogP contribution in [0.25, 0.3) is 0 Å². The summed E-state index contributed by atoms with van der Waals surface area (Å²) in [6, 6.07) is 13.9. The molecule has 1 N–H and O–H groups in total. The molecule has 106 valence electrons. The Morgan fingerprint density at radius 3 is 2.55 bits per heavy atom. The van der Waals surface area contributed by atoms with Crippen molar-refractivity contribution >= 4 is 31.9 Å². The number of rotatable bonds is 5. The lowest BCUT2D eigenvalue weighted by atomic mass is 9.92. The molecule has 0 aliphatic heterocycles. The molecule has 0 aliphatic rings. The van der Waals surface area contributed by atoms with Crippen LogP contribution < -0.4 is 4.74 Å². The van der Waals surface area contributed by atoms with Crippen molar-refractivity contribution in [2.24, 2.45) is 0 Å². The molecule has 2 rings (SSSR count). The minimum atomic E-state index is 0.0359. The fourth-order valence-corrected chi connectivity index (χ4v) is 3.27. The average Bonchev–Trinajstić information content (AvgIpc) is 2.46. The number of aliphatic hydroxyl groups is 1. The van der Waals surface area contributed by atoms with Crippen molar-refractivity contribution in [3.05, 3.63) is 62.5 Å². The van der Waals surface area contributed by atoms with E-state index in [-0.39, 0.29) is 12.5 Å². The van der Waals surface area contributed by atoms with E-state index in [1.54, 1.807) is 7.11 Å². The standard InChI is InChI=1S/C16H16Br2O2/c1-20-16-7-6-13(17)9-11(16)8-12(10-19)14-4-2-3-5-15(14)18/h2-7,9,12,19H,8,10H2,1H3. The van der Waals surface area contributed by atoms with Crippen molar-refractivity contribution in [3.8, 4) is 5.75 Å². The van der Waals surface area contributed by atoms with Crippen LogP contribution in [-0.2, 0) is 6.42 Å². The zero-order valence-electron chi connectivity index (χ0n) is 11.1. The Hall–Kier alpha value is -0.840. The number of hydrogen-bond donors (Lipinski definition) is 1. The molecule has 1 atom stereocenters. The van der Waals surface area contributed by atoms with E-state index in [0.29, 0.717) is 0 Å². The van der Waals surface area contributed by atoms with Gasteiger partial charge in [-0.15, -0.1) is 0 Å². The van der Waals surface area contributed by atoms with Gasteiger partial charge in [-0.1, -0.05) is 50.1 Å². The summed E-state index contributed by atoms with van der Waals surface area (Å²) in [6.07, 6.45) is 0.724. The smallest absolute Gasteiger partial charge is 0.122 e. The van der Waals surface area contributed by atoms with Crippen LogP contribution in [0, 0.1) is 0 Å². The van der Waals surface area contributed by atoms with Gasteiger partial charge in [-0.05, 0) is 41.8 Å². The number of methoxy groups -OCH3 is 1. The first-order chi connectivity index (χ1) is 9.65. The molecule has 0 bridgehead atoms. The molecule has 0 spiro atoms. The summed E-state index contributed by atoms with van der Waals surface area (Å²) in [7, 11) is 1.67. The van der Waals surface area contributed by atoms with Crippen LogP contribution in [0.2, 0.25) is 0 Å². The second kappa shape index (κ2) is 7.25. The van der Waals surface area contributed by atoms with Crippen LogP contribution in [-0.4, -0.2) is 18.8 Å². The Morgan fingerprint density at radius 2 is 1.90 bits per heavy atom. The van der Waals surface area contributed by atoms with Gasteiger partial charge in [0.15, 0.2) is 0 Å². The van der Waals surface area contributed by atoms with E-state index in [9.17, 15) is 5.11 Å². The number of aliphatic hydroxyl groups excluding tert-OH is 1. The summed E-state index contributed by atoms with van der Waals surface area (Å²) in [5.74, 6) is 0.882. The Labute approximate surface area is 136 Å². The van der Waals surface area contributed by atoms with Crippen molar-refractivity contribution in [1.29, 1.82) is 0 Å². The lowest BCUT2D eigenvalue weighted by Gasteiger charge is -2.18. The van der Waals surface area contributed by atoms with Crippen molar-refractivity contribution in [1.82, 2.24) is 0 Å². The zero-order valence-corrected chi connectivity index (χ0v) is 14.3. The predicted molar refractivity (Wildman–Crippen MR) is 88.4 cm³/mol. The van der Waals surface area contributed by atoms with E-state index in [4.69, 9.17) is 4.74 Å². The highest BCUT2D eigenvalue weighted by Crippen LogP contribution is 2.31. The number of ether oxygens (including phenoxy) is 1. The molecule has 0 fully saturated rings. The van der Waals surface area contributed by atoms with E-state index in [1.165, 1.54) is 0 Å².